The summed E-state index contributed by atoms with van der Waals surface area (Å²) in [6, 6.07) is 50.2. The molecule has 0 aromatic heterocycles. The van der Waals surface area contributed by atoms with Gasteiger partial charge in [0.2, 0.25) is 0 Å². The van der Waals surface area contributed by atoms with Crippen LogP contribution in [0, 0.1) is 12.3 Å². The largest absolute Gasteiger partial charge is 1.00 e. The van der Waals surface area contributed by atoms with Gasteiger partial charge in [-0.1, -0.05) is 85.1 Å². The molecule has 6 heteroatoms. The third-order valence-corrected chi connectivity index (χ3v) is 12.4. The van der Waals surface area contributed by atoms with Crippen molar-refractivity contribution in [3.8, 4) is 0 Å². The second kappa shape index (κ2) is 13.9. The van der Waals surface area contributed by atoms with Gasteiger partial charge in [0.15, 0.2) is 0 Å². The zero-order valence-corrected chi connectivity index (χ0v) is 23.8. The van der Waals surface area contributed by atoms with E-state index >= 15 is 0 Å². The van der Waals surface area contributed by atoms with E-state index in [2.05, 4.69) is 134 Å². The molecule has 0 amide bonds. The predicted octanol–water partition coefficient (Wildman–Crippen LogP) is 0.219. The van der Waals surface area contributed by atoms with Crippen LogP contribution in [0.25, 0.3) is 0 Å². The van der Waals surface area contributed by atoms with Crippen LogP contribution in [0.2, 0.25) is 0 Å². The van der Waals surface area contributed by atoms with Gasteiger partial charge in [-0.25, -0.2) is 12.1 Å². The molecule has 0 aliphatic rings. The van der Waals surface area contributed by atoms with Crippen LogP contribution >= 0.6 is 14.3 Å². The van der Waals surface area contributed by atoms with Crippen molar-refractivity contribution in [2.75, 3.05) is 0 Å². The molecule has 0 heterocycles. The SMILES string of the molecule is [B][P+]([CH-]c1ccccc1[CH-][P+]([B])(c1ccccc1)c1ccccc1)(c1ccccc1)c1ccccc1.[Li+].[Li+]. The van der Waals surface area contributed by atoms with Crippen LogP contribution in [0.15, 0.2) is 146 Å². The minimum absolute atomic E-state index is 0. The smallest absolute Gasteiger partial charge is 0.255 e. The van der Waals surface area contributed by atoms with Crippen LogP contribution < -0.4 is 58.9 Å². The van der Waals surface area contributed by atoms with E-state index in [1.54, 1.807) is 0 Å². The van der Waals surface area contributed by atoms with Crippen molar-refractivity contribution in [1.82, 2.24) is 0 Å². The number of rotatable bonds is 8. The zero-order valence-electron chi connectivity index (χ0n) is 22.1. The van der Waals surface area contributed by atoms with Gasteiger partial charge >= 0.3 is 52.9 Å². The molecule has 5 aromatic rings. The minimum atomic E-state index is -2.31. The summed E-state index contributed by atoms with van der Waals surface area (Å²) in [7, 11) is 10.1. The Kier molecular flexibility index (Phi) is 11.2. The summed E-state index contributed by atoms with van der Waals surface area (Å²) < 4.78 is 0. The normalized spacial score (nSPS) is 10.9. The molecular formula is C32H26B2Li2P2+2. The fraction of sp³-hybridized carbons (Fsp3) is 0. The Morgan fingerprint density at radius 1 is 0.342 bits per heavy atom. The van der Waals surface area contributed by atoms with Crippen LogP contribution in [0.4, 0.5) is 0 Å². The molecule has 0 unspecified atom stereocenters. The fourth-order valence-corrected chi connectivity index (χ4v) is 9.68. The van der Waals surface area contributed by atoms with Gasteiger partial charge in [-0.15, -0.1) is 12.1 Å². The van der Waals surface area contributed by atoms with Crippen molar-refractivity contribution < 1.29 is 37.7 Å². The van der Waals surface area contributed by atoms with E-state index in [9.17, 15) is 0 Å². The van der Waals surface area contributed by atoms with Gasteiger partial charge in [0.25, 0.3) is 0 Å². The first-order valence-corrected chi connectivity index (χ1v) is 15.8. The molecule has 0 fully saturated rings. The first kappa shape index (κ1) is 30.6. The monoisotopic (exact) mass is 508 g/mol. The zero-order chi connectivity index (χ0) is 24.8. The summed E-state index contributed by atoms with van der Waals surface area (Å²) in [4.78, 5) is 0. The van der Waals surface area contributed by atoms with Gasteiger partial charge in [-0.2, -0.15) is 0 Å². The van der Waals surface area contributed by atoms with Gasteiger partial charge in [0, 0.05) is 0 Å². The summed E-state index contributed by atoms with van der Waals surface area (Å²) in [6.45, 7) is 0. The van der Waals surface area contributed by atoms with E-state index < -0.39 is 14.3 Å². The molecule has 5 rings (SSSR count). The molecule has 0 aliphatic heterocycles. The number of benzene rings is 5. The standard InChI is InChI=1S/C32H26B2P2.2Li/c33-35(29-17-5-1-6-18-29,30-19-7-2-8-20-30)25-27-15-13-14-16-28(27)26-36(34,31-21-9-3-10-22-31)32-23-11-4-12-24-32;;/h1-26H;;/q;2*+1. The van der Waals surface area contributed by atoms with Crippen LogP contribution in [-0.4, -0.2) is 15.1 Å². The third kappa shape index (κ3) is 6.59. The molecule has 0 nitrogen and oxygen atoms in total. The van der Waals surface area contributed by atoms with Crippen molar-refractivity contribution in [1.29, 1.82) is 0 Å². The Morgan fingerprint density at radius 2 is 0.553 bits per heavy atom. The third-order valence-electron chi connectivity index (χ3n) is 6.42. The van der Waals surface area contributed by atoms with E-state index in [0.29, 0.717) is 0 Å². The molecule has 0 saturated heterocycles. The Bertz CT molecular complexity index is 1210. The molecule has 170 valence electrons. The molecule has 0 aliphatic carbocycles. The molecule has 0 N–H and O–H groups in total. The van der Waals surface area contributed by atoms with Crippen molar-refractivity contribution in [3.63, 3.8) is 0 Å². The Hall–Kier alpha value is -1.98. The molecule has 0 saturated carbocycles. The number of hydrogen-bond donors (Lipinski definition) is 0. The van der Waals surface area contributed by atoms with Gasteiger partial charge in [-0.3, -0.25) is 11.1 Å². The molecule has 4 radical (unpaired) electrons. The Labute approximate surface area is 255 Å². The first-order chi connectivity index (χ1) is 17.6. The van der Waals surface area contributed by atoms with Crippen molar-refractivity contribution >= 4 is 50.6 Å². The van der Waals surface area contributed by atoms with Crippen molar-refractivity contribution in [2.24, 2.45) is 0 Å². The van der Waals surface area contributed by atoms with Gasteiger partial charge in [0.1, 0.15) is 0 Å². The average Bonchev–Trinajstić information content (AvgIpc) is 2.96. The van der Waals surface area contributed by atoms with E-state index in [0.717, 1.165) is 32.3 Å². The Balaban J connectivity index is 0.00000200. The van der Waals surface area contributed by atoms with Crippen molar-refractivity contribution in [2.45, 2.75) is 0 Å². The maximum atomic E-state index is 7.35. The summed E-state index contributed by atoms with van der Waals surface area (Å²) in [5.74, 6) is 0. The number of hydrogen-bond acceptors (Lipinski definition) is 0. The first-order valence-electron chi connectivity index (χ1n) is 12.0. The van der Waals surface area contributed by atoms with Gasteiger partial charge in [0.05, 0.1) is 21.2 Å². The van der Waals surface area contributed by atoms with E-state index in [1.165, 1.54) is 0 Å². The quantitative estimate of drug-likeness (QED) is 0.160. The Morgan fingerprint density at radius 3 is 0.789 bits per heavy atom. The molecule has 0 bridgehead atoms. The molecule has 0 atom stereocenters. The summed E-state index contributed by atoms with van der Waals surface area (Å²) in [5, 5.41) is 4.58. The van der Waals surface area contributed by atoms with Crippen molar-refractivity contribution in [3.05, 3.63) is 169 Å². The molecule has 0 spiro atoms. The van der Waals surface area contributed by atoms with Crippen LogP contribution in [0.5, 0.6) is 0 Å². The second-order valence-corrected chi connectivity index (χ2v) is 14.5. The maximum absolute atomic E-state index is 7.35. The predicted molar refractivity (Wildman–Crippen MR) is 163 cm³/mol. The topological polar surface area (TPSA) is 0 Å². The average molecular weight is 508 g/mol. The minimum Gasteiger partial charge on any atom is -0.255 e. The van der Waals surface area contributed by atoms with E-state index in [-0.39, 0.29) is 37.7 Å². The summed E-state index contributed by atoms with van der Waals surface area (Å²) in [6.07, 6.45) is 4.56. The van der Waals surface area contributed by atoms with E-state index in [4.69, 9.17) is 15.1 Å². The summed E-state index contributed by atoms with van der Waals surface area (Å²) >= 11 is 0. The van der Waals surface area contributed by atoms with Crippen LogP contribution in [0.1, 0.15) is 11.1 Å². The summed E-state index contributed by atoms with van der Waals surface area (Å²) in [5.41, 5.74) is 2.20. The molecule has 5 aromatic carbocycles. The van der Waals surface area contributed by atoms with Crippen LogP contribution in [0.3, 0.4) is 0 Å². The maximum Gasteiger partial charge on any atom is 1.00 e. The van der Waals surface area contributed by atoms with Crippen LogP contribution in [-0.2, 0) is 0 Å². The van der Waals surface area contributed by atoms with Gasteiger partial charge < -0.3 is 0 Å². The molecular weight excluding hydrogens is 482 g/mol. The fourth-order valence-electron chi connectivity index (χ4n) is 4.48. The second-order valence-electron chi connectivity index (χ2n) is 8.78. The van der Waals surface area contributed by atoms with E-state index in [1.807, 2.05) is 24.3 Å². The van der Waals surface area contributed by atoms with Gasteiger partial charge in [-0.05, 0) is 62.8 Å². The molecule has 38 heavy (non-hydrogen) atoms.